The van der Waals surface area contributed by atoms with Crippen LogP contribution in [0.1, 0.15) is 33.1 Å². The van der Waals surface area contributed by atoms with Crippen LogP contribution in [0.15, 0.2) is 91.0 Å². The Kier molecular flexibility index (Phi) is 9.52. The molecule has 1 saturated heterocycles. The summed E-state index contributed by atoms with van der Waals surface area (Å²) in [5.74, 6) is -1.77. The number of unbranched alkanes of at least 4 members (excludes halogenated alkanes) is 2. The Morgan fingerprint density at radius 1 is 0.872 bits per heavy atom. The molecule has 0 radical (unpaired) electrons. The van der Waals surface area contributed by atoms with Crippen LogP contribution in [0.4, 0.5) is 0 Å². The van der Waals surface area contributed by atoms with Gasteiger partial charge in [-0.15, -0.1) is 0 Å². The topological polar surface area (TPSA) is 95.9 Å². The lowest BCUT2D eigenvalue weighted by Gasteiger charge is -2.49. The SMILES string of the molecule is CCCCCN[C@@H]1C(=O)N(C(C(=O)O)=P(c2ccccc2)(c2ccccc2)c2ccccc2)C1OCC(C)=O. The summed E-state index contributed by atoms with van der Waals surface area (Å²) in [7, 11) is 0. The van der Waals surface area contributed by atoms with Gasteiger partial charge in [-0.2, -0.15) is 0 Å². The summed E-state index contributed by atoms with van der Waals surface area (Å²) in [4.78, 5) is 40.4. The normalized spacial score (nSPS) is 17.0. The molecular weight excluding hydrogens is 511 g/mol. The number of carbonyl (C=O) groups is 3. The second kappa shape index (κ2) is 13.0. The van der Waals surface area contributed by atoms with Crippen LogP contribution in [0, 0.1) is 0 Å². The molecule has 8 heteroatoms. The lowest BCUT2D eigenvalue weighted by Crippen LogP contribution is -2.74. The summed E-state index contributed by atoms with van der Waals surface area (Å²) in [6.07, 6.45) is 1.99. The number of likely N-dealkylation sites (tertiary alicyclic amines) is 1. The molecule has 0 bridgehead atoms. The van der Waals surface area contributed by atoms with E-state index in [4.69, 9.17) is 4.74 Å². The molecule has 1 heterocycles. The molecule has 4 rings (SSSR count). The van der Waals surface area contributed by atoms with Crippen molar-refractivity contribution in [3.05, 3.63) is 91.0 Å². The number of carbonyl (C=O) groups excluding carboxylic acids is 2. The summed E-state index contributed by atoms with van der Waals surface area (Å²) < 4.78 is 5.95. The van der Waals surface area contributed by atoms with Crippen LogP contribution in [0.3, 0.4) is 0 Å². The number of hydrogen-bond donors (Lipinski definition) is 2. The maximum atomic E-state index is 13.8. The minimum absolute atomic E-state index is 0.0312. The molecule has 39 heavy (non-hydrogen) atoms. The molecule has 2 N–H and O–H groups in total. The van der Waals surface area contributed by atoms with E-state index in [9.17, 15) is 19.5 Å². The van der Waals surface area contributed by atoms with Crippen molar-refractivity contribution in [3.8, 4) is 0 Å². The van der Waals surface area contributed by atoms with Gasteiger partial charge in [0.05, 0.1) is 0 Å². The highest BCUT2D eigenvalue weighted by molar-refractivity contribution is 7.96. The van der Waals surface area contributed by atoms with Crippen LogP contribution >= 0.6 is 6.89 Å². The van der Waals surface area contributed by atoms with Crippen molar-refractivity contribution in [3.63, 3.8) is 0 Å². The number of benzene rings is 3. The monoisotopic (exact) mass is 546 g/mol. The average molecular weight is 547 g/mol. The molecule has 1 aliphatic heterocycles. The van der Waals surface area contributed by atoms with Crippen molar-refractivity contribution in [2.45, 2.75) is 45.4 Å². The Morgan fingerprint density at radius 2 is 1.36 bits per heavy atom. The molecule has 1 amide bonds. The Labute approximate surface area is 229 Å². The predicted molar refractivity (Wildman–Crippen MR) is 156 cm³/mol. The van der Waals surface area contributed by atoms with Gasteiger partial charge >= 0.3 is 5.97 Å². The quantitative estimate of drug-likeness (QED) is 0.194. The summed E-state index contributed by atoms with van der Waals surface area (Å²) in [6.45, 7) is 0.786. The minimum atomic E-state index is -3.10. The van der Waals surface area contributed by atoms with E-state index in [1.807, 2.05) is 91.0 Å². The van der Waals surface area contributed by atoms with Crippen LogP contribution in [-0.4, -0.2) is 58.5 Å². The number of ketones is 1. The number of carboxylic acids is 1. The summed E-state index contributed by atoms with van der Waals surface area (Å²) in [5, 5.41) is 16.6. The van der Waals surface area contributed by atoms with E-state index in [0.29, 0.717) is 6.54 Å². The van der Waals surface area contributed by atoms with E-state index in [1.54, 1.807) is 0 Å². The second-order valence-electron chi connectivity index (χ2n) is 9.56. The predicted octanol–water partition coefficient (Wildman–Crippen LogP) is 3.12. The summed E-state index contributed by atoms with van der Waals surface area (Å²) in [5.41, 5.74) is -0.0312. The number of hydrogen-bond acceptors (Lipinski definition) is 5. The fourth-order valence-electron chi connectivity index (χ4n) is 5.06. The molecule has 7 nitrogen and oxygen atoms in total. The highest BCUT2D eigenvalue weighted by Gasteiger charge is 2.54. The van der Waals surface area contributed by atoms with Crippen LogP contribution in [-0.2, 0) is 19.1 Å². The number of Topliss-reactive ketones (excluding diaryl/α,β-unsaturated/α-hetero) is 1. The Bertz CT molecular complexity index is 1240. The molecule has 3 aromatic rings. The highest BCUT2D eigenvalue weighted by atomic mass is 31.2. The maximum absolute atomic E-state index is 13.8. The number of ether oxygens (including phenoxy) is 1. The molecule has 1 unspecified atom stereocenters. The summed E-state index contributed by atoms with van der Waals surface area (Å²) >= 11 is 0. The number of nitrogens with one attached hydrogen (secondary N) is 1. The molecule has 204 valence electrons. The van der Waals surface area contributed by atoms with Gasteiger partial charge in [-0.25, -0.2) is 4.79 Å². The van der Waals surface area contributed by atoms with Gasteiger partial charge in [0.1, 0.15) is 18.1 Å². The maximum Gasteiger partial charge on any atom is 0.353 e. The molecule has 1 aliphatic rings. The molecule has 2 atom stereocenters. The third kappa shape index (κ3) is 5.76. The van der Waals surface area contributed by atoms with Crippen molar-refractivity contribution in [2.75, 3.05) is 13.2 Å². The van der Waals surface area contributed by atoms with Gasteiger partial charge < -0.3 is 15.2 Å². The molecule has 0 saturated carbocycles. The number of nitrogens with zero attached hydrogens (tertiary/aromatic N) is 1. The number of carboxylic acid groups (broad SMARTS) is 1. The fourth-order valence-corrected chi connectivity index (χ4v) is 9.37. The van der Waals surface area contributed by atoms with Gasteiger partial charge in [-0.05, 0) is 35.8 Å². The van der Waals surface area contributed by atoms with Gasteiger partial charge in [0, 0.05) is 6.89 Å². The second-order valence-corrected chi connectivity index (χ2v) is 12.9. The molecule has 0 aromatic heterocycles. The first-order valence-corrected chi connectivity index (χ1v) is 15.1. The van der Waals surface area contributed by atoms with Crippen molar-refractivity contribution in [2.24, 2.45) is 0 Å². The third-order valence-electron chi connectivity index (χ3n) is 6.81. The van der Waals surface area contributed by atoms with E-state index in [2.05, 4.69) is 12.2 Å². The standard InChI is InChI=1S/C31H35N2O5P/c1-3-4-14-21-32-27-28(35)33(29(27)38-22-23(2)34)30(31(36)37)39(24-15-8-5-9-16-24,25-17-10-6-11-18-25)26-19-12-7-13-20-26/h5-13,15-20,27,29,32H,3-4,14,21-22H2,1-2H3,(H,36,37)/t27-,29?/m1/s1. The van der Waals surface area contributed by atoms with Crippen LogP contribution in [0.25, 0.3) is 0 Å². The first-order valence-electron chi connectivity index (χ1n) is 13.3. The molecule has 1 fully saturated rings. The van der Waals surface area contributed by atoms with Crippen molar-refractivity contribution in [1.29, 1.82) is 0 Å². The first kappa shape index (κ1) is 28.5. The lowest BCUT2D eigenvalue weighted by atomic mass is 10.0. The van der Waals surface area contributed by atoms with E-state index in [1.165, 1.54) is 11.8 Å². The molecule has 3 aromatic carbocycles. The zero-order valence-electron chi connectivity index (χ0n) is 22.3. The van der Waals surface area contributed by atoms with Crippen molar-refractivity contribution < 1.29 is 24.2 Å². The lowest BCUT2D eigenvalue weighted by molar-refractivity contribution is -0.173. The Hall–Kier alpha value is -3.51. The van der Waals surface area contributed by atoms with E-state index in [-0.39, 0.29) is 23.7 Å². The van der Waals surface area contributed by atoms with Gasteiger partial charge in [0.2, 0.25) is 0 Å². The number of amides is 1. The first-order chi connectivity index (χ1) is 18.9. The zero-order valence-corrected chi connectivity index (χ0v) is 23.2. The van der Waals surface area contributed by atoms with Crippen molar-refractivity contribution >= 4 is 45.9 Å². The van der Waals surface area contributed by atoms with E-state index < -0.39 is 25.1 Å². The van der Waals surface area contributed by atoms with Gasteiger partial charge in [0.25, 0.3) is 5.91 Å². The van der Waals surface area contributed by atoms with Crippen LogP contribution in [0.5, 0.6) is 0 Å². The van der Waals surface area contributed by atoms with E-state index >= 15 is 0 Å². The Morgan fingerprint density at radius 3 is 1.77 bits per heavy atom. The number of β-lactam (4-membered cyclic amide) rings is 1. The Balaban J connectivity index is 2.01. The van der Waals surface area contributed by atoms with Gasteiger partial charge in [0.15, 0.2) is 12.0 Å². The zero-order chi connectivity index (χ0) is 27.8. The molecule has 0 spiro atoms. The molecule has 0 aliphatic carbocycles. The van der Waals surface area contributed by atoms with Crippen LogP contribution < -0.4 is 21.2 Å². The van der Waals surface area contributed by atoms with Crippen LogP contribution in [0.2, 0.25) is 0 Å². The van der Waals surface area contributed by atoms with Gasteiger partial charge in [-0.1, -0.05) is 111 Å². The van der Waals surface area contributed by atoms with Crippen molar-refractivity contribution in [1.82, 2.24) is 10.2 Å². The minimum Gasteiger partial charge on any atom is -0.477 e. The number of rotatable bonds is 13. The van der Waals surface area contributed by atoms with E-state index in [0.717, 1.165) is 35.2 Å². The highest BCUT2D eigenvalue weighted by Crippen LogP contribution is 2.48. The third-order valence-corrected chi connectivity index (χ3v) is 11.1. The molecular formula is C31H35N2O5P. The smallest absolute Gasteiger partial charge is 0.353 e. The number of aliphatic carboxylic acids is 1. The summed E-state index contributed by atoms with van der Waals surface area (Å²) in [6, 6.07) is 27.8. The largest absolute Gasteiger partial charge is 0.477 e. The fraction of sp³-hybridized carbons (Fsp3) is 0.290. The average Bonchev–Trinajstić information content (AvgIpc) is 2.96. The van der Waals surface area contributed by atoms with Gasteiger partial charge in [-0.3, -0.25) is 14.5 Å².